The topological polar surface area (TPSA) is 91.3 Å². The van der Waals surface area contributed by atoms with Crippen molar-refractivity contribution in [3.63, 3.8) is 0 Å². The summed E-state index contributed by atoms with van der Waals surface area (Å²) in [5.41, 5.74) is 1.64. The molecule has 2 aliphatic carbocycles. The molecule has 182 valence electrons. The lowest BCUT2D eigenvalue weighted by atomic mass is 9.51. The molecule has 2 fully saturated rings. The smallest absolute Gasteiger partial charge is 0.251 e. The first kappa shape index (κ1) is 24.4. The van der Waals surface area contributed by atoms with E-state index in [9.17, 15) is 14.7 Å². The largest absolute Gasteiger partial charge is 0.392 e. The van der Waals surface area contributed by atoms with E-state index in [0.717, 1.165) is 31.2 Å². The van der Waals surface area contributed by atoms with Crippen molar-refractivity contribution in [2.24, 2.45) is 29.1 Å². The Hall–Kier alpha value is -2.73. The third-order valence-corrected chi connectivity index (χ3v) is 8.49. The number of nitrogens with zero attached hydrogens (tertiary/aromatic N) is 1. The molecule has 0 radical (unpaired) electrons. The van der Waals surface area contributed by atoms with Gasteiger partial charge in [-0.1, -0.05) is 45.0 Å². The van der Waals surface area contributed by atoms with Crippen LogP contribution in [0, 0.1) is 29.1 Å². The lowest BCUT2D eigenvalue weighted by Crippen LogP contribution is -2.58. The van der Waals surface area contributed by atoms with Gasteiger partial charge in [-0.3, -0.25) is 14.6 Å². The highest BCUT2D eigenvalue weighted by Crippen LogP contribution is 2.55. The van der Waals surface area contributed by atoms with E-state index in [2.05, 4.69) is 29.5 Å². The molecule has 1 heterocycles. The van der Waals surface area contributed by atoms with Gasteiger partial charge in [0, 0.05) is 36.5 Å². The second-order valence-corrected chi connectivity index (χ2v) is 10.6. The highest BCUT2D eigenvalue weighted by molar-refractivity contribution is 5.94. The SMILES string of the molecule is CC(C(=O)NCc1cccnc1)C1CCC2(C)CCC(NC(=O)c3ccccc3)C(C)C2C1O. The molecular formula is C28H37N3O3. The number of aliphatic hydroxyl groups is 1. The predicted molar refractivity (Wildman–Crippen MR) is 132 cm³/mol. The Balaban J connectivity index is 1.42. The van der Waals surface area contributed by atoms with Crippen molar-refractivity contribution in [1.29, 1.82) is 0 Å². The number of hydrogen-bond donors (Lipinski definition) is 3. The minimum atomic E-state index is -0.579. The number of aromatic nitrogens is 1. The fraction of sp³-hybridized carbons (Fsp3) is 0.536. The van der Waals surface area contributed by atoms with Crippen LogP contribution < -0.4 is 10.6 Å². The van der Waals surface area contributed by atoms with Crippen molar-refractivity contribution in [3.8, 4) is 0 Å². The quantitative estimate of drug-likeness (QED) is 0.605. The van der Waals surface area contributed by atoms with E-state index in [1.807, 2.05) is 49.4 Å². The maximum atomic E-state index is 12.9. The Labute approximate surface area is 202 Å². The normalized spacial score (nSPS) is 31.7. The molecule has 0 bridgehead atoms. The summed E-state index contributed by atoms with van der Waals surface area (Å²) in [6, 6.07) is 13.1. The van der Waals surface area contributed by atoms with Gasteiger partial charge in [0.1, 0.15) is 0 Å². The van der Waals surface area contributed by atoms with Crippen LogP contribution >= 0.6 is 0 Å². The summed E-state index contributed by atoms with van der Waals surface area (Å²) in [4.78, 5) is 29.8. The summed E-state index contributed by atoms with van der Waals surface area (Å²) >= 11 is 0. The highest BCUT2D eigenvalue weighted by atomic mass is 16.3. The number of fused-ring (bicyclic) bond motifs is 1. The van der Waals surface area contributed by atoms with Crippen LogP contribution in [-0.2, 0) is 11.3 Å². The monoisotopic (exact) mass is 463 g/mol. The summed E-state index contributed by atoms with van der Waals surface area (Å²) in [6.45, 7) is 6.79. The fourth-order valence-electron chi connectivity index (χ4n) is 6.39. The van der Waals surface area contributed by atoms with Crippen LogP contribution in [0.15, 0.2) is 54.9 Å². The molecule has 1 aromatic heterocycles. The maximum Gasteiger partial charge on any atom is 0.251 e. The number of aliphatic hydroxyl groups excluding tert-OH is 1. The lowest BCUT2D eigenvalue weighted by molar-refractivity contribution is -0.142. The number of amides is 2. The molecule has 4 rings (SSSR count). The predicted octanol–water partition coefficient (Wildman–Crippen LogP) is 3.96. The van der Waals surface area contributed by atoms with E-state index in [1.54, 1.807) is 12.4 Å². The molecule has 2 aromatic rings. The van der Waals surface area contributed by atoms with Gasteiger partial charge in [0.05, 0.1) is 6.10 Å². The average Bonchev–Trinajstić information content (AvgIpc) is 2.85. The van der Waals surface area contributed by atoms with E-state index < -0.39 is 6.10 Å². The van der Waals surface area contributed by atoms with Gasteiger partial charge < -0.3 is 15.7 Å². The van der Waals surface area contributed by atoms with E-state index >= 15 is 0 Å². The van der Waals surface area contributed by atoms with Crippen LogP contribution in [0.3, 0.4) is 0 Å². The zero-order valence-corrected chi connectivity index (χ0v) is 20.4. The van der Waals surface area contributed by atoms with E-state index in [0.29, 0.717) is 12.1 Å². The number of carbonyl (C=O) groups is 2. The number of carbonyl (C=O) groups excluding carboxylic acids is 2. The maximum absolute atomic E-state index is 12.9. The minimum Gasteiger partial charge on any atom is -0.392 e. The lowest BCUT2D eigenvalue weighted by Gasteiger charge is -2.56. The van der Waals surface area contributed by atoms with Crippen LogP contribution in [0.25, 0.3) is 0 Å². The van der Waals surface area contributed by atoms with Crippen molar-refractivity contribution in [1.82, 2.24) is 15.6 Å². The second kappa shape index (κ2) is 10.3. The van der Waals surface area contributed by atoms with Crippen LogP contribution in [0.2, 0.25) is 0 Å². The summed E-state index contributed by atoms with van der Waals surface area (Å²) in [7, 11) is 0. The van der Waals surface area contributed by atoms with Gasteiger partial charge >= 0.3 is 0 Å². The van der Waals surface area contributed by atoms with Gasteiger partial charge in [-0.15, -0.1) is 0 Å². The number of hydrogen-bond acceptors (Lipinski definition) is 4. The van der Waals surface area contributed by atoms with E-state index in [1.165, 1.54) is 0 Å². The molecule has 7 unspecified atom stereocenters. The van der Waals surface area contributed by atoms with Crippen LogP contribution in [0.1, 0.15) is 62.4 Å². The Morgan fingerprint density at radius 1 is 1.15 bits per heavy atom. The molecular weight excluding hydrogens is 426 g/mol. The van der Waals surface area contributed by atoms with Gasteiger partial charge in [-0.2, -0.15) is 0 Å². The highest BCUT2D eigenvalue weighted by Gasteiger charge is 2.53. The summed E-state index contributed by atoms with van der Waals surface area (Å²) in [5.74, 6) is -0.329. The molecule has 2 aliphatic rings. The Kier molecular flexibility index (Phi) is 7.36. The first-order valence-corrected chi connectivity index (χ1v) is 12.5. The van der Waals surface area contributed by atoms with Crippen molar-refractivity contribution < 1.29 is 14.7 Å². The summed E-state index contributed by atoms with van der Waals surface area (Å²) < 4.78 is 0. The molecule has 0 spiro atoms. The van der Waals surface area contributed by atoms with Crippen LogP contribution in [0.4, 0.5) is 0 Å². The molecule has 34 heavy (non-hydrogen) atoms. The van der Waals surface area contributed by atoms with Crippen LogP contribution in [-0.4, -0.2) is 34.1 Å². The Morgan fingerprint density at radius 2 is 1.88 bits per heavy atom. The molecule has 1 aromatic carbocycles. The van der Waals surface area contributed by atoms with Gasteiger partial charge in [0.25, 0.3) is 5.91 Å². The first-order valence-electron chi connectivity index (χ1n) is 12.5. The molecule has 2 amide bonds. The van der Waals surface area contributed by atoms with Crippen molar-refractivity contribution in [2.45, 2.75) is 65.1 Å². The van der Waals surface area contributed by atoms with E-state index in [-0.39, 0.29) is 46.9 Å². The zero-order chi connectivity index (χ0) is 24.3. The summed E-state index contributed by atoms with van der Waals surface area (Å²) in [6.07, 6.45) is 6.58. The van der Waals surface area contributed by atoms with Gasteiger partial charge in [-0.25, -0.2) is 0 Å². The van der Waals surface area contributed by atoms with Gasteiger partial charge in [0.2, 0.25) is 5.91 Å². The molecule has 7 atom stereocenters. The van der Waals surface area contributed by atoms with Crippen molar-refractivity contribution in [2.75, 3.05) is 0 Å². The van der Waals surface area contributed by atoms with E-state index in [4.69, 9.17) is 0 Å². The standard InChI is InChI=1S/C28H37N3O3/c1-18(26(33)30-17-20-8-7-15-29-16-20)22-11-13-28(3)14-12-23(19(2)24(28)25(22)32)31-27(34)21-9-5-4-6-10-21/h4-10,15-16,18-19,22-25,32H,11-14,17H2,1-3H3,(H,30,33)(H,31,34). The molecule has 6 nitrogen and oxygen atoms in total. The Morgan fingerprint density at radius 3 is 2.59 bits per heavy atom. The molecule has 2 saturated carbocycles. The van der Waals surface area contributed by atoms with Gasteiger partial charge in [-0.05, 0) is 72.6 Å². The minimum absolute atomic E-state index is 0.00824. The molecule has 0 saturated heterocycles. The fourth-order valence-corrected chi connectivity index (χ4v) is 6.39. The molecule has 6 heteroatoms. The van der Waals surface area contributed by atoms with Gasteiger partial charge in [0.15, 0.2) is 0 Å². The third kappa shape index (κ3) is 5.02. The summed E-state index contributed by atoms with van der Waals surface area (Å²) in [5, 5.41) is 17.8. The first-order chi connectivity index (χ1) is 16.3. The molecule has 0 aliphatic heterocycles. The average molecular weight is 464 g/mol. The van der Waals surface area contributed by atoms with Crippen molar-refractivity contribution >= 4 is 11.8 Å². The van der Waals surface area contributed by atoms with Crippen molar-refractivity contribution in [3.05, 3.63) is 66.0 Å². The zero-order valence-electron chi connectivity index (χ0n) is 20.4. The second-order valence-electron chi connectivity index (χ2n) is 10.6. The number of nitrogens with one attached hydrogen (secondary N) is 2. The number of rotatable bonds is 6. The third-order valence-electron chi connectivity index (χ3n) is 8.49. The Bertz CT molecular complexity index is 983. The number of pyridine rings is 1. The van der Waals surface area contributed by atoms with Crippen LogP contribution in [0.5, 0.6) is 0 Å². The molecule has 3 N–H and O–H groups in total. The number of benzene rings is 1.